The van der Waals surface area contributed by atoms with E-state index in [0.717, 1.165) is 25.7 Å². The molecule has 0 saturated heterocycles. The summed E-state index contributed by atoms with van der Waals surface area (Å²) < 4.78 is 5.66. The van der Waals surface area contributed by atoms with Crippen molar-refractivity contribution < 1.29 is 9.53 Å². The van der Waals surface area contributed by atoms with Crippen LogP contribution in [0, 0.1) is 5.41 Å². The van der Waals surface area contributed by atoms with Gasteiger partial charge in [-0.3, -0.25) is 4.79 Å². The monoisotopic (exact) mass is 458 g/mol. The van der Waals surface area contributed by atoms with Crippen LogP contribution in [0.3, 0.4) is 0 Å². The van der Waals surface area contributed by atoms with Crippen molar-refractivity contribution in [2.75, 3.05) is 0 Å². The highest BCUT2D eigenvalue weighted by Gasteiger charge is 2.09. The summed E-state index contributed by atoms with van der Waals surface area (Å²) in [5, 5.41) is 0. The highest BCUT2D eigenvalue weighted by Crippen LogP contribution is 2.23. The van der Waals surface area contributed by atoms with Gasteiger partial charge in [-0.2, -0.15) is 0 Å². The van der Waals surface area contributed by atoms with Gasteiger partial charge in [0.15, 0.2) is 0 Å². The van der Waals surface area contributed by atoms with Crippen LogP contribution in [0.15, 0.2) is 18.2 Å². The normalized spacial score (nSPS) is 11.7. The molecule has 190 valence electrons. The SMILES string of the molecule is CCCCCCc1cc(CCCCCC)cc(COC(=O)CCCCCCCC(C)(C)C)c1. The van der Waals surface area contributed by atoms with Crippen LogP contribution in [0.2, 0.25) is 0 Å². The van der Waals surface area contributed by atoms with Gasteiger partial charge in [0.1, 0.15) is 6.61 Å². The summed E-state index contributed by atoms with van der Waals surface area (Å²) in [6.45, 7) is 11.9. The Bertz CT molecular complexity index is 596. The number of aryl methyl sites for hydroxylation is 2. The first-order chi connectivity index (χ1) is 15.8. The van der Waals surface area contributed by atoms with E-state index in [1.165, 1.54) is 93.7 Å². The van der Waals surface area contributed by atoms with Gasteiger partial charge < -0.3 is 4.74 Å². The van der Waals surface area contributed by atoms with Crippen LogP contribution < -0.4 is 0 Å². The standard InChI is InChI=1S/C31H54O2/c1-6-8-10-15-19-27-23-28(20-16-11-9-7-2)25-29(24-27)26-33-30(32)21-17-13-12-14-18-22-31(3,4)5/h23-25H,6-22,26H2,1-5H3. The zero-order chi connectivity index (χ0) is 24.4. The summed E-state index contributed by atoms with van der Waals surface area (Å²) in [5.74, 6) is -0.0393. The number of unbranched alkanes of at least 4 members (excludes halogenated alkanes) is 10. The molecule has 2 nitrogen and oxygen atoms in total. The van der Waals surface area contributed by atoms with Gasteiger partial charge in [-0.05, 0) is 60.6 Å². The summed E-state index contributed by atoms with van der Waals surface area (Å²) in [7, 11) is 0. The van der Waals surface area contributed by atoms with Gasteiger partial charge in [0.05, 0.1) is 0 Å². The molecule has 0 aliphatic carbocycles. The minimum atomic E-state index is -0.0393. The van der Waals surface area contributed by atoms with E-state index < -0.39 is 0 Å². The van der Waals surface area contributed by atoms with E-state index >= 15 is 0 Å². The first kappa shape index (κ1) is 29.7. The Kier molecular flexibility index (Phi) is 16.3. The lowest BCUT2D eigenvalue weighted by molar-refractivity contribution is -0.145. The minimum Gasteiger partial charge on any atom is -0.461 e. The fourth-order valence-electron chi connectivity index (χ4n) is 4.41. The molecule has 1 aromatic carbocycles. The molecule has 0 saturated carbocycles. The Balaban J connectivity index is 2.42. The molecule has 0 atom stereocenters. The smallest absolute Gasteiger partial charge is 0.306 e. The number of benzene rings is 1. The van der Waals surface area contributed by atoms with Crippen molar-refractivity contribution in [1.29, 1.82) is 0 Å². The fraction of sp³-hybridized carbons (Fsp3) is 0.774. The third-order valence-electron chi connectivity index (χ3n) is 6.46. The second-order valence-corrected chi connectivity index (χ2v) is 11.3. The maximum absolute atomic E-state index is 12.3. The third kappa shape index (κ3) is 16.9. The Morgan fingerprint density at radius 3 is 1.70 bits per heavy atom. The van der Waals surface area contributed by atoms with Crippen molar-refractivity contribution in [3.8, 4) is 0 Å². The number of carbonyl (C=O) groups is 1. The predicted molar refractivity (Wildman–Crippen MR) is 144 cm³/mol. The molecule has 1 rings (SSSR count). The quantitative estimate of drug-likeness (QED) is 0.152. The van der Waals surface area contributed by atoms with Gasteiger partial charge in [-0.25, -0.2) is 0 Å². The topological polar surface area (TPSA) is 26.3 Å². The molecule has 0 radical (unpaired) electrons. The van der Waals surface area contributed by atoms with Gasteiger partial charge in [-0.15, -0.1) is 0 Å². The highest BCUT2D eigenvalue weighted by atomic mass is 16.5. The van der Waals surface area contributed by atoms with Crippen LogP contribution in [0.4, 0.5) is 0 Å². The van der Waals surface area contributed by atoms with Crippen molar-refractivity contribution in [2.24, 2.45) is 5.41 Å². The maximum Gasteiger partial charge on any atom is 0.306 e. The lowest BCUT2D eigenvalue weighted by Gasteiger charge is -2.17. The van der Waals surface area contributed by atoms with E-state index in [-0.39, 0.29) is 5.97 Å². The summed E-state index contributed by atoms with van der Waals surface area (Å²) in [5.41, 5.74) is 4.44. The molecule has 2 heteroatoms. The zero-order valence-corrected chi connectivity index (χ0v) is 22.8. The molecule has 0 aliphatic heterocycles. The van der Waals surface area contributed by atoms with Crippen LogP contribution >= 0.6 is 0 Å². The van der Waals surface area contributed by atoms with Crippen LogP contribution in [-0.4, -0.2) is 5.97 Å². The molecule has 0 N–H and O–H groups in total. The van der Waals surface area contributed by atoms with E-state index in [1.807, 2.05) is 0 Å². The Hall–Kier alpha value is -1.31. The Labute approximate surface area is 206 Å². The molecule has 0 aliphatic rings. The van der Waals surface area contributed by atoms with Crippen molar-refractivity contribution in [3.63, 3.8) is 0 Å². The maximum atomic E-state index is 12.3. The molecule has 0 heterocycles. The fourth-order valence-corrected chi connectivity index (χ4v) is 4.41. The molecule has 0 fully saturated rings. The first-order valence-electron chi connectivity index (χ1n) is 14.1. The number of ether oxygens (including phenoxy) is 1. The van der Waals surface area contributed by atoms with Crippen LogP contribution in [0.1, 0.15) is 148 Å². The molecule has 0 unspecified atom stereocenters. The molecule has 0 spiro atoms. The highest BCUT2D eigenvalue weighted by molar-refractivity contribution is 5.69. The number of hydrogen-bond acceptors (Lipinski definition) is 2. The third-order valence-corrected chi connectivity index (χ3v) is 6.46. The summed E-state index contributed by atoms with van der Waals surface area (Å²) in [6.07, 6.45) is 20.3. The zero-order valence-electron chi connectivity index (χ0n) is 22.8. The second kappa shape index (κ2) is 18.1. The van der Waals surface area contributed by atoms with Gasteiger partial charge in [0.25, 0.3) is 0 Å². The molecule has 1 aromatic rings. The van der Waals surface area contributed by atoms with E-state index in [2.05, 4.69) is 52.8 Å². The van der Waals surface area contributed by atoms with Crippen molar-refractivity contribution >= 4 is 5.97 Å². The van der Waals surface area contributed by atoms with Crippen LogP contribution in [0.5, 0.6) is 0 Å². The van der Waals surface area contributed by atoms with Crippen LogP contribution in [-0.2, 0) is 29.0 Å². The van der Waals surface area contributed by atoms with E-state index in [4.69, 9.17) is 4.74 Å². The van der Waals surface area contributed by atoms with Crippen molar-refractivity contribution in [2.45, 2.75) is 150 Å². The lowest BCUT2D eigenvalue weighted by Crippen LogP contribution is -2.05. The van der Waals surface area contributed by atoms with Crippen molar-refractivity contribution in [1.82, 2.24) is 0 Å². The molecule has 0 bridgehead atoms. The average molecular weight is 459 g/mol. The summed E-state index contributed by atoms with van der Waals surface area (Å²) >= 11 is 0. The lowest BCUT2D eigenvalue weighted by atomic mass is 9.89. The predicted octanol–water partition coefficient (Wildman–Crippen LogP) is 9.75. The van der Waals surface area contributed by atoms with E-state index in [0.29, 0.717) is 18.4 Å². The largest absolute Gasteiger partial charge is 0.461 e. The van der Waals surface area contributed by atoms with E-state index in [1.54, 1.807) is 0 Å². The van der Waals surface area contributed by atoms with E-state index in [9.17, 15) is 4.79 Å². The Morgan fingerprint density at radius 1 is 0.667 bits per heavy atom. The minimum absolute atomic E-state index is 0.0393. The van der Waals surface area contributed by atoms with Gasteiger partial charge in [-0.1, -0.05) is 117 Å². The number of esters is 1. The Morgan fingerprint density at radius 2 is 1.15 bits per heavy atom. The number of carbonyl (C=O) groups excluding carboxylic acids is 1. The molecular weight excluding hydrogens is 404 g/mol. The molecule has 33 heavy (non-hydrogen) atoms. The molecular formula is C31H54O2. The van der Waals surface area contributed by atoms with Gasteiger partial charge in [0.2, 0.25) is 0 Å². The van der Waals surface area contributed by atoms with Gasteiger partial charge in [0, 0.05) is 6.42 Å². The van der Waals surface area contributed by atoms with Crippen molar-refractivity contribution in [3.05, 3.63) is 34.9 Å². The summed E-state index contributed by atoms with van der Waals surface area (Å²) in [6, 6.07) is 6.93. The first-order valence-corrected chi connectivity index (χ1v) is 14.1. The van der Waals surface area contributed by atoms with Crippen LogP contribution in [0.25, 0.3) is 0 Å². The second-order valence-electron chi connectivity index (χ2n) is 11.3. The molecule has 0 amide bonds. The molecule has 0 aromatic heterocycles. The van der Waals surface area contributed by atoms with Gasteiger partial charge >= 0.3 is 5.97 Å². The average Bonchev–Trinajstić information content (AvgIpc) is 2.77. The number of hydrogen-bond donors (Lipinski definition) is 0. The number of rotatable bonds is 19. The summed E-state index contributed by atoms with van der Waals surface area (Å²) in [4.78, 5) is 12.3.